The maximum Gasteiger partial charge on any atom is 0.264 e. The standard InChI is InChI=1S/C27H22BrN3O2S/c1-18-7-9-19(10-8-18)15-24-26(33)31(22-13-11-21(28)12-14-22)27(34-24)23(16-29)25(32)30-17-20-5-3-2-4-6-20/h2-14,24H,15,17H2,1H3,(H,30,32). The van der Waals surface area contributed by atoms with Gasteiger partial charge in [0.2, 0.25) is 5.91 Å². The van der Waals surface area contributed by atoms with Crippen molar-refractivity contribution in [2.24, 2.45) is 0 Å². The molecule has 0 spiro atoms. The van der Waals surface area contributed by atoms with Gasteiger partial charge in [-0.15, -0.1) is 0 Å². The molecular weight excluding hydrogens is 510 g/mol. The van der Waals surface area contributed by atoms with E-state index in [-0.39, 0.29) is 11.5 Å². The highest BCUT2D eigenvalue weighted by Gasteiger charge is 2.40. The Hall–Kier alpha value is -3.34. The average Bonchev–Trinajstić information content (AvgIpc) is 3.16. The van der Waals surface area contributed by atoms with Crippen molar-refractivity contribution in [2.75, 3.05) is 4.90 Å². The molecule has 7 heteroatoms. The molecule has 1 fully saturated rings. The van der Waals surface area contributed by atoms with E-state index in [9.17, 15) is 14.9 Å². The van der Waals surface area contributed by atoms with Gasteiger partial charge >= 0.3 is 0 Å². The quantitative estimate of drug-likeness (QED) is 0.336. The van der Waals surface area contributed by atoms with Gasteiger partial charge < -0.3 is 5.32 Å². The van der Waals surface area contributed by atoms with Crippen LogP contribution in [0.4, 0.5) is 5.69 Å². The van der Waals surface area contributed by atoms with Crippen molar-refractivity contribution in [3.8, 4) is 6.07 Å². The molecule has 0 bridgehead atoms. The van der Waals surface area contributed by atoms with Gasteiger partial charge in [0.1, 0.15) is 16.7 Å². The Bertz CT molecular complexity index is 1270. The number of halogens is 1. The summed E-state index contributed by atoms with van der Waals surface area (Å²) in [4.78, 5) is 28.0. The molecule has 0 aromatic heterocycles. The summed E-state index contributed by atoms with van der Waals surface area (Å²) in [5, 5.41) is 12.7. The lowest BCUT2D eigenvalue weighted by atomic mass is 10.1. The van der Waals surface area contributed by atoms with Crippen molar-refractivity contribution in [2.45, 2.75) is 25.1 Å². The monoisotopic (exact) mass is 531 g/mol. The molecule has 2 amide bonds. The molecule has 1 heterocycles. The maximum absolute atomic E-state index is 13.5. The first-order valence-corrected chi connectivity index (χ1v) is 12.4. The smallest absolute Gasteiger partial charge is 0.264 e. The summed E-state index contributed by atoms with van der Waals surface area (Å²) in [6.45, 7) is 2.31. The van der Waals surface area contributed by atoms with Crippen LogP contribution in [0, 0.1) is 18.3 Å². The number of nitrogens with zero attached hydrogens (tertiary/aromatic N) is 2. The number of thioether (sulfide) groups is 1. The van der Waals surface area contributed by atoms with Crippen molar-refractivity contribution >= 4 is 45.2 Å². The third-order valence-electron chi connectivity index (χ3n) is 5.43. The molecule has 1 N–H and O–H groups in total. The van der Waals surface area contributed by atoms with Crippen molar-refractivity contribution in [3.63, 3.8) is 0 Å². The minimum Gasteiger partial charge on any atom is -0.347 e. The number of amides is 2. The number of benzene rings is 3. The van der Waals surface area contributed by atoms with Crippen LogP contribution in [0.15, 0.2) is 93.9 Å². The first-order valence-electron chi connectivity index (χ1n) is 10.7. The Morgan fingerprint density at radius 3 is 2.35 bits per heavy atom. The minimum atomic E-state index is -0.500. The molecule has 0 radical (unpaired) electrons. The zero-order valence-electron chi connectivity index (χ0n) is 18.5. The number of nitrogens with one attached hydrogen (secondary N) is 1. The average molecular weight is 532 g/mol. The van der Waals surface area contributed by atoms with Gasteiger partial charge in [-0.3, -0.25) is 14.5 Å². The number of hydrogen-bond donors (Lipinski definition) is 1. The van der Waals surface area contributed by atoms with Gasteiger partial charge in [0.05, 0.1) is 5.25 Å². The van der Waals surface area contributed by atoms with Crippen molar-refractivity contribution < 1.29 is 9.59 Å². The van der Waals surface area contributed by atoms with Gasteiger partial charge in [0.25, 0.3) is 5.91 Å². The lowest BCUT2D eigenvalue weighted by molar-refractivity contribution is -0.117. The van der Waals surface area contributed by atoms with Crippen molar-refractivity contribution in [3.05, 3.63) is 111 Å². The van der Waals surface area contributed by atoms with Gasteiger partial charge in [0, 0.05) is 16.7 Å². The Morgan fingerprint density at radius 1 is 1.03 bits per heavy atom. The molecule has 1 aliphatic heterocycles. The molecule has 1 aliphatic rings. The minimum absolute atomic E-state index is 0.0661. The molecule has 5 nitrogen and oxygen atoms in total. The van der Waals surface area contributed by atoms with Crippen molar-refractivity contribution in [1.29, 1.82) is 5.26 Å². The van der Waals surface area contributed by atoms with E-state index >= 15 is 0 Å². The van der Waals surface area contributed by atoms with Crippen molar-refractivity contribution in [1.82, 2.24) is 5.32 Å². The van der Waals surface area contributed by atoms with Crippen LogP contribution < -0.4 is 10.2 Å². The Morgan fingerprint density at radius 2 is 1.71 bits per heavy atom. The van der Waals surface area contributed by atoms with Crippen LogP contribution in [0.3, 0.4) is 0 Å². The molecule has 1 saturated heterocycles. The lowest BCUT2D eigenvalue weighted by Crippen LogP contribution is -2.32. The van der Waals surface area contributed by atoms with Gasteiger partial charge in [-0.25, -0.2) is 0 Å². The number of anilines is 1. The highest BCUT2D eigenvalue weighted by Crippen LogP contribution is 2.42. The van der Waals surface area contributed by atoms with Crippen LogP contribution in [0.1, 0.15) is 16.7 Å². The van der Waals surface area contributed by atoms with E-state index in [0.29, 0.717) is 23.7 Å². The molecule has 1 unspecified atom stereocenters. The van der Waals surface area contributed by atoms with Gasteiger partial charge in [-0.05, 0) is 48.7 Å². The van der Waals surface area contributed by atoms with Gasteiger partial charge in [0.15, 0.2) is 0 Å². The van der Waals surface area contributed by atoms with E-state index in [2.05, 4.69) is 21.2 Å². The summed E-state index contributed by atoms with van der Waals surface area (Å²) in [6, 6.07) is 26.8. The zero-order chi connectivity index (χ0) is 24.1. The fourth-order valence-electron chi connectivity index (χ4n) is 3.62. The molecule has 4 rings (SSSR count). The summed E-state index contributed by atoms with van der Waals surface area (Å²) in [6.07, 6.45) is 0.505. The fourth-order valence-corrected chi connectivity index (χ4v) is 5.19. The zero-order valence-corrected chi connectivity index (χ0v) is 20.9. The van der Waals surface area contributed by atoms with Crippen LogP contribution in [0.25, 0.3) is 0 Å². The Labute approximate surface area is 211 Å². The predicted octanol–water partition coefficient (Wildman–Crippen LogP) is 5.50. The summed E-state index contributed by atoms with van der Waals surface area (Å²) >= 11 is 4.69. The highest BCUT2D eigenvalue weighted by molar-refractivity contribution is 9.10. The first-order chi connectivity index (χ1) is 16.5. The normalized spacial score (nSPS) is 16.8. The molecule has 34 heavy (non-hydrogen) atoms. The molecule has 0 aliphatic carbocycles. The third-order valence-corrected chi connectivity index (χ3v) is 7.22. The second kappa shape index (κ2) is 10.7. The number of carbonyl (C=O) groups excluding carboxylic acids is 2. The second-order valence-electron chi connectivity index (χ2n) is 7.91. The van der Waals surface area contributed by atoms with E-state index < -0.39 is 11.2 Å². The lowest BCUT2D eigenvalue weighted by Gasteiger charge is -2.19. The van der Waals surface area contributed by atoms with E-state index in [1.165, 1.54) is 16.7 Å². The summed E-state index contributed by atoms with van der Waals surface area (Å²) in [7, 11) is 0. The summed E-state index contributed by atoms with van der Waals surface area (Å²) in [5.41, 5.74) is 3.65. The third kappa shape index (κ3) is 5.41. The van der Waals surface area contributed by atoms with E-state index in [0.717, 1.165) is 21.2 Å². The molecule has 1 atom stereocenters. The molecular formula is C27H22BrN3O2S. The van der Waals surface area contributed by atoms with Crippen LogP contribution in [0.2, 0.25) is 0 Å². The fraction of sp³-hybridized carbons (Fsp3) is 0.148. The molecule has 3 aromatic carbocycles. The molecule has 170 valence electrons. The van der Waals surface area contributed by atoms with Crippen LogP contribution in [0.5, 0.6) is 0 Å². The van der Waals surface area contributed by atoms with E-state index in [1.807, 2.05) is 79.7 Å². The van der Waals surface area contributed by atoms with Crippen LogP contribution in [-0.4, -0.2) is 17.1 Å². The number of carbonyl (C=O) groups is 2. The van der Waals surface area contributed by atoms with E-state index in [4.69, 9.17) is 0 Å². The summed E-state index contributed by atoms with van der Waals surface area (Å²) in [5.74, 6) is -0.647. The predicted molar refractivity (Wildman–Crippen MR) is 139 cm³/mol. The summed E-state index contributed by atoms with van der Waals surface area (Å²) < 4.78 is 0.874. The highest BCUT2D eigenvalue weighted by atomic mass is 79.9. The molecule has 3 aromatic rings. The number of nitriles is 1. The Kier molecular flexibility index (Phi) is 7.51. The van der Waals surface area contributed by atoms with E-state index in [1.54, 1.807) is 12.1 Å². The molecule has 0 saturated carbocycles. The van der Waals surface area contributed by atoms with Crippen LogP contribution >= 0.6 is 27.7 Å². The van der Waals surface area contributed by atoms with Crippen LogP contribution in [-0.2, 0) is 22.6 Å². The Balaban J connectivity index is 1.66. The number of aryl methyl sites for hydroxylation is 1. The number of hydrogen-bond acceptors (Lipinski definition) is 4. The van der Waals surface area contributed by atoms with Gasteiger partial charge in [-0.1, -0.05) is 87.9 Å². The topological polar surface area (TPSA) is 73.2 Å². The second-order valence-corrected chi connectivity index (χ2v) is 10.0. The first kappa shape index (κ1) is 23.8. The largest absolute Gasteiger partial charge is 0.347 e. The van der Waals surface area contributed by atoms with Gasteiger partial charge in [-0.2, -0.15) is 5.26 Å². The SMILES string of the molecule is Cc1ccc(CC2SC(=C(C#N)C(=O)NCc3ccccc3)N(c3ccc(Br)cc3)C2=O)cc1. The maximum atomic E-state index is 13.5. The number of rotatable bonds is 6.